The summed E-state index contributed by atoms with van der Waals surface area (Å²) in [6, 6.07) is 14.2. The van der Waals surface area contributed by atoms with Gasteiger partial charge in [-0.2, -0.15) is 0 Å². The first-order chi connectivity index (χ1) is 11.5. The standard InChI is InChI=1S/C21H21NO2/c1-13-4-7-16(8-5-13)10-11-22-19-18(20(23)21(19)24)17-9-6-14(2)15(3)12-17/h4-9,12,22H,10-11H2,1-3H3. The first kappa shape index (κ1) is 16.2. The average Bonchev–Trinajstić information content (AvgIpc) is 2.58. The van der Waals surface area contributed by atoms with Crippen LogP contribution in [-0.2, 0) is 6.42 Å². The maximum absolute atomic E-state index is 12.0. The molecule has 0 radical (unpaired) electrons. The van der Waals surface area contributed by atoms with Crippen LogP contribution in [0.25, 0.3) is 11.1 Å². The number of benzene rings is 2. The molecule has 3 aromatic rings. The summed E-state index contributed by atoms with van der Waals surface area (Å²) < 4.78 is 0. The van der Waals surface area contributed by atoms with Gasteiger partial charge in [-0.3, -0.25) is 9.59 Å². The number of hydrogen-bond acceptors (Lipinski definition) is 3. The number of anilines is 1. The monoisotopic (exact) mass is 319 g/mol. The highest BCUT2D eigenvalue weighted by molar-refractivity contribution is 5.82. The zero-order chi connectivity index (χ0) is 17.3. The van der Waals surface area contributed by atoms with E-state index in [1.54, 1.807) is 0 Å². The van der Waals surface area contributed by atoms with Crippen molar-refractivity contribution < 1.29 is 0 Å². The molecule has 0 fully saturated rings. The average molecular weight is 319 g/mol. The molecule has 3 rings (SSSR count). The van der Waals surface area contributed by atoms with Crippen molar-refractivity contribution in [3.05, 3.63) is 85.2 Å². The molecule has 0 heterocycles. The third kappa shape index (κ3) is 3.02. The van der Waals surface area contributed by atoms with Gasteiger partial charge in [-0.25, -0.2) is 0 Å². The van der Waals surface area contributed by atoms with Gasteiger partial charge in [0, 0.05) is 6.54 Å². The van der Waals surface area contributed by atoms with E-state index in [0.29, 0.717) is 17.8 Å². The van der Waals surface area contributed by atoms with Gasteiger partial charge < -0.3 is 5.32 Å². The summed E-state index contributed by atoms with van der Waals surface area (Å²) in [7, 11) is 0. The largest absolute Gasteiger partial charge is 0.381 e. The minimum absolute atomic E-state index is 0.393. The quantitative estimate of drug-likeness (QED) is 0.732. The highest BCUT2D eigenvalue weighted by atomic mass is 16.2. The summed E-state index contributed by atoms with van der Waals surface area (Å²) in [6.07, 6.45) is 0.811. The molecule has 0 aromatic heterocycles. The Balaban J connectivity index is 1.76. The van der Waals surface area contributed by atoms with Crippen LogP contribution >= 0.6 is 0 Å². The summed E-state index contributed by atoms with van der Waals surface area (Å²) in [4.78, 5) is 23.9. The van der Waals surface area contributed by atoms with E-state index in [1.165, 1.54) is 16.7 Å². The van der Waals surface area contributed by atoms with Crippen LogP contribution in [0.4, 0.5) is 5.69 Å². The zero-order valence-electron chi connectivity index (χ0n) is 14.3. The molecule has 0 saturated heterocycles. The van der Waals surface area contributed by atoms with Gasteiger partial charge in [0.25, 0.3) is 0 Å². The Morgan fingerprint density at radius 2 is 1.54 bits per heavy atom. The lowest BCUT2D eigenvalue weighted by molar-refractivity contribution is 1.01. The first-order valence-electron chi connectivity index (χ1n) is 8.17. The predicted octanol–water partition coefficient (Wildman–Crippen LogP) is 3.53. The Morgan fingerprint density at radius 3 is 2.21 bits per heavy atom. The summed E-state index contributed by atoms with van der Waals surface area (Å²) in [5.41, 5.74) is 5.72. The van der Waals surface area contributed by atoms with Crippen LogP contribution < -0.4 is 16.2 Å². The Bertz CT molecular complexity index is 945. The third-order valence-electron chi connectivity index (χ3n) is 4.54. The molecule has 1 N–H and O–H groups in total. The van der Waals surface area contributed by atoms with E-state index in [2.05, 4.69) is 36.5 Å². The molecule has 0 atom stereocenters. The number of nitrogens with one attached hydrogen (secondary N) is 1. The van der Waals surface area contributed by atoms with Crippen LogP contribution in [0.1, 0.15) is 22.3 Å². The lowest BCUT2D eigenvalue weighted by atomic mass is 9.95. The highest BCUT2D eigenvalue weighted by Gasteiger charge is 2.22. The van der Waals surface area contributed by atoms with Crippen molar-refractivity contribution in [1.82, 2.24) is 0 Å². The van der Waals surface area contributed by atoms with E-state index in [4.69, 9.17) is 0 Å². The van der Waals surface area contributed by atoms with Crippen LogP contribution in [0.3, 0.4) is 0 Å². The molecular weight excluding hydrogens is 298 g/mol. The van der Waals surface area contributed by atoms with Crippen LogP contribution in [0.15, 0.2) is 52.1 Å². The molecule has 3 nitrogen and oxygen atoms in total. The lowest BCUT2D eigenvalue weighted by Crippen LogP contribution is -2.36. The van der Waals surface area contributed by atoms with Gasteiger partial charge in [-0.1, -0.05) is 48.0 Å². The van der Waals surface area contributed by atoms with E-state index >= 15 is 0 Å². The van der Waals surface area contributed by atoms with Crippen molar-refractivity contribution >= 4 is 5.69 Å². The van der Waals surface area contributed by atoms with E-state index in [-0.39, 0.29) is 0 Å². The van der Waals surface area contributed by atoms with Gasteiger partial charge in [0.1, 0.15) is 0 Å². The molecule has 0 aliphatic rings. The Hall–Kier alpha value is -2.68. The molecule has 0 bridgehead atoms. The van der Waals surface area contributed by atoms with E-state index in [0.717, 1.165) is 17.5 Å². The summed E-state index contributed by atoms with van der Waals surface area (Å²) >= 11 is 0. The molecule has 122 valence electrons. The first-order valence-corrected chi connectivity index (χ1v) is 8.17. The molecule has 0 aliphatic carbocycles. The lowest BCUT2D eigenvalue weighted by Gasteiger charge is -2.14. The van der Waals surface area contributed by atoms with E-state index < -0.39 is 10.9 Å². The van der Waals surface area contributed by atoms with Crippen LogP contribution in [0.5, 0.6) is 0 Å². The molecule has 0 aliphatic heterocycles. The fraction of sp³-hybridized carbons (Fsp3) is 0.238. The molecule has 24 heavy (non-hydrogen) atoms. The SMILES string of the molecule is Cc1ccc(CCNc2c(-c3ccc(C)c(C)c3)c(=O)c2=O)cc1. The van der Waals surface area contributed by atoms with Crippen molar-refractivity contribution in [2.45, 2.75) is 27.2 Å². The molecule has 0 amide bonds. The van der Waals surface area contributed by atoms with Gasteiger partial charge in [-0.15, -0.1) is 0 Å². The maximum Gasteiger partial charge on any atom is 0.250 e. The van der Waals surface area contributed by atoms with Gasteiger partial charge >= 0.3 is 0 Å². The summed E-state index contributed by atoms with van der Waals surface area (Å²) in [6.45, 7) is 6.73. The number of rotatable bonds is 5. The Kier molecular flexibility index (Phi) is 4.34. The molecule has 3 aromatic carbocycles. The van der Waals surface area contributed by atoms with Gasteiger partial charge in [0.15, 0.2) is 0 Å². The van der Waals surface area contributed by atoms with Gasteiger partial charge in [-0.05, 0) is 49.4 Å². The van der Waals surface area contributed by atoms with E-state index in [1.807, 2.05) is 32.0 Å². The minimum Gasteiger partial charge on any atom is -0.381 e. The summed E-state index contributed by atoms with van der Waals surface area (Å²) in [5, 5.41) is 3.15. The molecular formula is C21H21NO2. The normalized spacial score (nSPS) is 11.0. The van der Waals surface area contributed by atoms with Crippen molar-refractivity contribution in [1.29, 1.82) is 0 Å². The van der Waals surface area contributed by atoms with Gasteiger partial charge in [0.2, 0.25) is 10.9 Å². The van der Waals surface area contributed by atoms with Crippen molar-refractivity contribution in [2.75, 3.05) is 11.9 Å². The second-order valence-electron chi connectivity index (χ2n) is 6.37. The van der Waals surface area contributed by atoms with Crippen LogP contribution in [-0.4, -0.2) is 6.54 Å². The Labute approximate surface area is 141 Å². The molecule has 0 spiro atoms. The Morgan fingerprint density at radius 1 is 0.833 bits per heavy atom. The molecule has 3 heteroatoms. The topological polar surface area (TPSA) is 46.2 Å². The van der Waals surface area contributed by atoms with Gasteiger partial charge in [0.05, 0.1) is 11.3 Å². The number of hydrogen-bond donors (Lipinski definition) is 1. The summed E-state index contributed by atoms with van der Waals surface area (Å²) in [5.74, 6) is 0. The molecule has 0 unspecified atom stereocenters. The van der Waals surface area contributed by atoms with Crippen molar-refractivity contribution in [3.63, 3.8) is 0 Å². The van der Waals surface area contributed by atoms with Crippen LogP contribution in [0, 0.1) is 20.8 Å². The fourth-order valence-electron chi connectivity index (χ4n) is 2.82. The maximum atomic E-state index is 12.0. The zero-order valence-corrected chi connectivity index (χ0v) is 14.3. The minimum atomic E-state index is -0.410. The highest BCUT2D eigenvalue weighted by Crippen LogP contribution is 2.25. The predicted molar refractivity (Wildman–Crippen MR) is 99.6 cm³/mol. The van der Waals surface area contributed by atoms with Crippen LogP contribution in [0.2, 0.25) is 0 Å². The fourth-order valence-corrected chi connectivity index (χ4v) is 2.82. The smallest absolute Gasteiger partial charge is 0.250 e. The van der Waals surface area contributed by atoms with E-state index in [9.17, 15) is 9.59 Å². The van der Waals surface area contributed by atoms with Crippen molar-refractivity contribution in [2.24, 2.45) is 0 Å². The van der Waals surface area contributed by atoms with Crippen molar-refractivity contribution in [3.8, 4) is 11.1 Å². The molecule has 0 saturated carbocycles. The second kappa shape index (κ2) is 6.44. The third-order valence-corrected chi connectivity index (χ3v) is 4.54. The second-order valence-corrected chi connectivity index (χ2v) is 6.37. The number of aryl methyl sites for hydroxylation is 3.